The molecule has 1 aromatic rings. The van der Waals surface area contributed by atoms with Crippen LogP contribution in [0.3, 0.4) is 0 Å². The van der Waals surface area contributed by atoms with Gasteiger partial charge in [-0.25, -0.2) is 14.0 Å². The second kappa shape index (κ2) is 6.56. The van der Waals surface area contributed by atoms with Gasteiger partial charge in [-0.2, -0.15) is 0 Å². The summed E-state index contributed by atoms with van der Waals surface area (Å²) in [6, 6.07) is 4.87. The first kappa shape index (κ1) is 17.2. The van der Waals surface area contributed by atoms with Crippen LogP contribution in [0.1, 0.15) is 39.2 Å². The standard InChI is InChI=1S/C17H22FNO4/c1-17(2,3)23-16(22)19-13(8-9-14(19)15(20)21)10-11-4-6-12(18)7-5-11/h4-7,13-14H,8-10H2,1-3H3,(H,20,21). The molecule has 1 N–H and O–H groups in total. The quantitative estimate of drug-likeness (QED) is 0.927. The van der Waals surface area contributed by atoms with E-state index in [0.717, 1.165) is 5.56 Å². The van der Waals surface area contributed by atoms with Crippen LogP contribution in [0.4, 0.5) is 9.18 Å². The number of halogens is 1. The van der Waals surface area contributed by atoms with Crippen LogP contribution in [0.2, 0.25) is 0 Å². The lowest BCUT2D eigenvalue weighted by molar-refractivity contribution is -0.142. The maximum Gasteiger partial charge on any atom is 0.411 e. The molecule has 0 bridgehead atoms. The molecule has 1 fully saturated rings. The third-order valence-corrected chi connectivity index (χ3v) is 3.78. The van der Waals surface area contributed by atoms with E-state index in [0.29, 0.717) is 19.3 Å². The number of nitrogens with zero attached hydrogens (tertiary/aromatic N) is 1. The number of carboxylic acids is 1. The number of amides is 1. The van der Waals surface area contributed by atoms with Crippen LogP contribution in [0, 0.1) is 5.82 Å². The van der Waals surface area contributed by atoms with Crippen molar-refractivity contribution < 1.29 is 23.8 Å². The number of carboxylic acid groups (broad SMARTS) is 1. The van der Waals surface area contributed by atoms with E-state index in [1.807, 2.05) is 0 Å². The van der Waals surface area contributed by atoms with Crippen LogP contribution in [0.5, 0.6) is 0 Å². The third-order valence-electron chi connectivity index (χ3n) is 3.78. The normalized spacial score (nSPS) is 21.3. The van der Waals surface area contributed by atoms with Gasteiger partial charge < -0.3 is 9.84 Å². The van der Waals surface area contributed by atoms with Crippen molar-refractivity contribution in [1.82, 2.24) is 4.90 Å². The summed E-state index contributed by atoms with van der Waals surface area (Å²) < 4.78 is 18.3. The number of rotatable bonds is 3. The molecule has 6 heteroatoms. The summed E-state index contributed by atoms with van der Waals surface area (Å²) in [6.45, 7) is 5.23. The number of aliphatic carboxylic acids is 1. The number of benzene rings is 1. The van der Waals surface area contributed by atoms with E-state index in [1.54, 1.807) is 32.9 Å². The molecule has 0 saturated carbocycles. The first-order chi connectivity index (χ1) is 10.7. The van der Waals surface area contributed by atoms with Gasteiger partial charge in [-0.15, -0.1) is 0 Å². The van der Waals surface area contributed by atoms with E-state index in [2.05, 4.69) is 0 Å². The zero-order valence-electron chi connectivity index (χ0n) is 13.6. The van der Waals surface area contributed by atoms with Crippen LogP contribution in [0.25, 0.3) is 0 Å². The summed E-state index contributed by atoms with van der Waals surface area (Å²) in [7, 11) is 0. The Morgan fingerprint density at radius 1 is 1.26 bits per heavy atom. The fourth-order valence-corrected chi connectivity index (χ4v) is 2.81. The van der Waals surface area contributed by atoms with Gasteiger partial charge >= 0.3 is 12.1 Å². The lowest BCUT2D eigenvalue weighted by Crippen LogP contribution is -2.47. The Morgan fingerprint density at radius 3 is 2.39 bits per heavy atom. The Kier molecular flexibility index (Phi) is 4.92. The van der Waals surface area contributed by atoms with Crippen molar-refractivity contribution in [2.24, 2.45) is 0 Å². The Labute approximate surface area is 135 Å². The van der Waals surface area contributed by atoms with Gasteiger partial charge in [0.25, 0.3) is 0 Å². The topological polar surface area (TPSA) is 66.8 Å². The first-order valence-electron chi connectivity index (χ1n) is 7.66. The molecular formula is C17H22FNO4. The Balaban J connectivity index is 2.18. The number of hydrogen-bond acceptors (Lipinski definition) is 3. The van der Waals surface area contributed by atoms with Gasteiger partial charge in [-0.1, -0.05) is 12.1 Å². The number of carbonyl (C=O) groups is 2. The van der Waals surface area contributed by atoms with Crippen molar-refractivity contribution in [2.75, 3.05) is 0 Å². The second-order valence-corrected chi connectivity index (χ2v) is 6.80. The van der Waals surface area contributed by atoms with E-state index in [4.69, 9.17) is 4.74 Å². The SMILES string of the molecule is CC(C)(C)OC(=O)N1C(Cc2ccc(F)cc2)CCC1C(=O)O. The molecule has 1 aliphatic rings. The summed E-state index contributed by atoms with van der Waals surface area (Å²) in [5.74, 6) is -1.36. The molecular weight excluding hydrogens is 301 g/mol. The van der Waals surface area contributed by atoms with E-state index in [9.17, 15) is 19.1 Å². The van der Waals surface area contributed by atoms with E-state index < -0.39 is 23.7 Å². The lowest BCUT2D eigenvalue weighted by atomic mass is 10.0. The molecule has 0 spiro atoms. The Hall–Kier alpha value is -2.11. The minimum absolute atomic E-state index is 0.267. The summed E-state index contributed by atoms with van der Waals surface area (Å²) in [5, 5.41) is 9.35. The molecule has 126 valence electrons. The highest BCUT2D eigenvalue weighted by atomic mass is 19.1. The zero-order chi connectivity index (χ0) is 17.2. The van der Waals surface area contributed by atoms with Gasteiger partial charge in [0.05, 0.1) is 0 Å². The lowest BCUT2D eigenvalue weighted by Gasteiger charge is -2.31. The van der Waals surface area contributed by atoms with Crippen LogP contribution in [-0.4, -0.2) is 39.8 Å². The average Bonchev–Trinajstić information content (AvgIpc) is 2.83. The van der Waals surface area contributed by atoms with Crippen molar-refractivity contribution >= 4 is 12.1 Å². The van der Waals surface area contributed by atoms with E-state index in [-0.39, 0.29) is 11.9 Å². The fourth-order valence-electron chi connectivity index (χ4n) is 2.81. The Bertz CT molecular complexity index is 579. The van der Waals surface area contributed by atoms with Crippen molar-refractivity contribution in [3.63, 3.8) is 0 Å². The number of likely N-dealkylation sites (tertiary alicyclic amines) is 1. The molecule has 0 radical (unpaired) electrons. The zero-order valence-corrected chi connectivity index (χ0v) is 13.6. The molecule has 0 aromatic heterocycles. The molecule has 0 aliphatic carbocycles. The van der Waals surface area contributed by atoms with Gasteiger partial charge in [-0.05, 0) is 57.7 Å². The number of carbonyl (C=O) groups excluding carboxylic acids is 1. The van der Waals surface area contributed by atoms with E-state index >= 15 is 0 Å². The van der Waals surface area contributed by atoms with Crippen molar-refractivity contribution in [3.05, 3.63) is 35.6 Å². The minimum atomic E-state index is -1.03. The molecule has 23 heavy (non-hydrogen) atoms. The molecule has 1 aromatic carbocycles. The fraction of sp³-hybridized carbons (Fsp3) is 0.529. The molecule has 1 heterocycles. The number of ether oxygens (including phenoxy) is 1. The smallest absolute Gasteiger partial charge is 0.411 e. The maximum atomic E-state index is 13.0. The van der Waals surface area contributed by atoms with Crippen LogP contribution in [-0.2, 0) is 16.0 Å². The molecule has 1 saturated heterocycles. The highest BCUT2D eigenvalue weighted by molar-refractivity contribution is 5.81. The number of hydrogen-bond donors (Lipinski definition) is 1. The third kappa shape index (κ3) is 4.43. The van der Waals surface area contributed by atoms with Gasteiger partial charge in [-0.3, -0.25) is 4.90 Å². The molecule has 1 amide bonds. The summed E-state index contributed by atoms with van der Waals surface area (Å²) in [6.07, 6.45) is 0.826. The molecule has 2 unspecified atom stereocenters. The summed E-state index contributed by atoms with van der Waals surface area (Å²) in [5.41, 5.74) is 0.166. The minimum Gasteiger partial charge on any atom is -0.480 e. The van der Waals surface area contributed by atoms with Gasteiger partial charge in [0.2, 0.25) is 0 Å². The predicted octanol–water partition coefficient (Wildman–Crippen LogP) is 3.22. The molecule has 5 nitrogen and oxygen atoms in total. The largest absolute Gasteiger partial charge is 0.480 e. The van der Waals surface area contributed by atoms with Crippen molar-refractivity contribution in [3.8, 4) is 0 Å². The van der Waals surface area contributed by atoms with Crippen molar-refractivity contribution in [1.29, 1.82) is 0 Å². The van der Waals surface area contributed by atoms with Crippen LogP contribution in [0.15, 0.2) is 24.3 Å². The highest BCUT2D eigenvalue weighted by Crippen LogP contribution is 2.29. The Morgan fingerprint density at radius 2 is 1.87 bits per heavy atom. The summed E-state index contributed by atoms with van der Waals surface area (Å²) in [4.78, 5) is 25.2. The second-order valence-electron chi connectivity index (χ2n) is 6.80. The van der Waals surface area contributed by atoms with Crippen molar-refractivity contribution in [2.45, 2.75) is 57.7 Å². The summed E-state index contributed by atoms with van der Waals surface area (Å²) >= 11 is 0. The predicted molar refractivity (Wildman–Crippen MR) is 82.6 cm³/mol. The van der Waals surface area contributed by atoms with Gasteiger partial charge in [0.1, 0.15) is 17.5 Å². The van der Waals surface area contributed by atoms with Gasteiger partial charge in [0, 0.05) is 6.04 Å². The maximum absolute atomic E-state index is 13.0. The molecule has 1 aliphatic heterocycles. The van der Waals surface area contributed by atoms with Crippen LogP contribution >= 0.6 is 0 Å². The average molecular weight is 323 g/mol. The molecule has 2 rings (SSSR count). The first-order valence-corrected chi connectivity index (χ1v) is 7.66. The van der Waals surface area contributed by atoms with Crippen LogP contribution < -0.4 is 0 Å². The van der Waals surface area contributed by atoms with E-state index in [1.165, 1.54) is 17.0 Å². The highest BCUT2D eigenvalue weighted by Gasteiger charge is 2.42. The monoisotopic (exact) mass is 323 g/mol. The van der Waals surface area contributed by atoms with Gasteiger partial charge in [0.15, 0.2) is 0 Å². The molecule has 2 atom stereocenters.